The van der Waals surface area contributed by atoms with Crippen LogP contribution in [-0.4, -0.2) is 19.3 Å². The third-order valence-corrected chi connectivity index (χ3v) is 1.97. The second kappa shape index (κ2) is 12.8. The molecule has 0 aliphatic heterocycles. The molecule has 0 aromatic heterocycles. The lowest BCUT2D eigenvalue weighted by Crippen LogP contribution is -2.39. The van der Waals surface area contributed by atoms with Crippen molar-refractivity contribution in [3.63, 3.8) is 0 Å². The first kappa shape index (κ1) is 21.1. The largest absolute Gasteiger partial charge is 0.403 e. The molecular weight excluding hydrogens is 215 g/mol. The van der Waals surface area contributed by atoms with Crippen LogP contribution in [0.5, 0.6) is 0 Å². The van der Waals surface area contributed by atoms with E-state index in [2.05, 4.69) is 26.1 Å². The van der Waals surface area contributed by atoms with E-state index in [0.29, 0.717) is 0 Å². The molecule has 1 N–H and O–H groups in total. The lowest BCUT2D eigenvalue weighted by atomic mass is 10.2. The Morgan fingerprint density at radius 3 is 1.31 bits per heavy atom. The first-order valence-electron chi connectivity index (χ1n) is 6.03. The standard InChI is InChI=1S/C5H10F3N.C5H12.C2H6/c1-3-4(9-2)5(6,7)8;1-4-5(2)3;1-2/h4,9H,3H2,1-2H3;5H,4H2,1-3H3;1-2H3. The van der Waals surface area contributed by atoms with Crippen molar-refractivity contribution in [3.05, 3.63) is 0 Å². The fourth-order valence-electron chi connectivity index (χ4n) is 0.599. The minimum absolute atomic E-state index is 0.0833. The molecule has 0 aliphatic carbocycles. The molecular formula is C12H28F3N. The van der Waals surface area contributed by atoms with E-state index in [1.54, 1.807) is 0 Å². The summed E-state index contributed by atoms with van der Waals surface area (Å²) in [5, 5.41) is 2.17. The van der Waals surface area contributed by atoms with Gasteiger partial charge in [-0.1, -0.05) is 48.0 Å². The molecule has 4 heteroatoms. The number of rotatable bonds is 3. The van der Waals surface area contributed by atoms with E-state index in [0.717, 1.165) is 5.92 Å². The molecule has 0 aliphatic rings. The lowest BCUT2D eigenvalue weighted by Gasteiger charge is -2.16. The summed E-state index contributed by atoms with van der Waals surface area (Å²) in [6.07, 6.45) is -2.70. The summed E-state index contributed by atoms with van der Waals surface area (Å²) >= 11 is 0. The van der Waals surface area contributed by atoms with E-state index < -0.39 is 12.2 Å². The lowest BCUT2D eigenvalue weighted by molar-refractivity contribution is -0.154. The molecule has 102 valence electrons. The fourth-order valence-corrected chi connectivity index (χ4v) is 0.599. The van der Waals surface area contributed by atoms with Crippen molar-refractivity contribution in [2.75, 3.05) is 7.05 Å². The van der Waals surface area contributed by atoms with Gasteiger partial charge in [0.15, 0.2) is 0 Å². The molecule has 16 heavy (non-hydrogen) atoms. The van der Waals surface area contributed by atoms with Crippen LogP contribution >= 0.6 is 0 Å². The Morgan fingerprint density at radius 2 is 1.31 bits per heavy atom. The highest BCUT2D eigenvalue weighted by Crippen LogP contribution is 2.21. The van der Waals surface area contributed by atoms with Crippen molar-refractivity contribution in [1.29, 1.82) is 0 Å². The molecule has 0 saturated carbocycles. The van der Waals surface area contributed by atoms with E-state index in [9.17, 15) is 13.2 Å². The van der Waals surface area contributed by atoms with Crippen LogP contribution < -0.4 is 5.32 Å². The maximum Gasteiger partial charge on any atom is 0.403 e. The molecule has 0 aromatic carbocycles. The quantitative estimate of drug-likeness (QED) is 0.762. The molecule has 1 nitrogen and oxygen atoms in total. The van der Waals surface area contributed by atoms with Crippen LogP contribution in [0.3, 0.4) is 0 Å². The summed E-state index contributed by atoms with van der Waals surface area (Å²) in [6, 6.07) is -1.35. The number of halogens is 3. The van der Waals surface area contributed by atoms with E-state index in [-0.39, 0.29) is 6.42 Å². The fraction of sp³-hybridized carbons (Fsp3) is 1.00. The predicted molar refractivity (Wildman–Crippen MR) is 65.7 cm³/mol. The van der Waals surface area contributed by atoms with Crippen LogP contribution in [0.15, 0.2) is 0 Å². The van der Waals surface area contributed by atoms with Crippen LogP contribution in [0.4, 0.5) is 13.2 Å². The summed E-state index contributed by atoms with van der Waals surface area (Å²) < 4.78 is 35.0. The molecule has 0 bridgehead atoms. The van der Waals surface area contributed by atoms with E-state index in [4.69, 9.17) is 0 Å². The Balaban J connectivity index is -0.000000205. The Hall–Kier alpha value is -0.250. The van der Waals surface area contributed by atoms with Crippen molar-refractivity contribution in [2.24, 2.45) is 5.92 Å². The van der Waals surface area contributed by atoms with Gasteiger partial charge in [0.1, 0.15) is 6.04 Å². The third-order valence-electron chi connectivity index (χ3n) is 1.97. The van der Waals surface area contributed by atoms with Gasteiger partial charge in [-0.25, -0.2) is 0 Å². The van der Waals surface area contributed by atoms with Gasteiger partial charge in [-0.2, -0.15) is 13.2 Å². The zero-order valence-corrected chi connectivity index (χ0v) is 11.7. The minimum Gasteiger partial charge on any atom is -0.309 e. The second-order valence-electron chi connectivity index (χ2n) is 3.59. The van der Waals surface area contributed by atoms with Crippen molar-refractivity contribution in [1.82, 2.24) is 5.32 Å². The number of hydrogen-bond acceptors (Lipinski definition) is 1. The molecule has 0 amide bonds. The SMILES string of the molecule is CC.CCC(C)C.CCC(NC)C(F)(F)F. The summed E-state index contributed by atoms with van der Waals surface area (Å²) in [5.74, 6) is 0.884. The molecule has 0 radical (unpaired) electrons. The minimum atomic E-state index is -4.09. The van der Waals surface area contributed by atoms with E-state index in [1.165, 1.54) is 20.4 Å². The average molecular weight is 243 g/mol. The van der Waals surface area contributed by atoms with Crippen LogP contribution in [0.2, 0.25) is 0 Å². The molecule has 0 heterocycles. The maximum absolute atomic E-state index is 11.7. The predicted octanol–water partition coefficient (Wildman–Crippen LogP) is 4.63. The molecule has 0 aromatic rings. The normalized spacial score (nSPS) is 12.2. The molecule has 0 spiro atoms. The van der Waals surface area contributed by atoms with Crippen LogP contribution in [0.25, 0.3) is 0 Å². The van der Waals surface area contributed by atoms with Crippen LogP contribution in [0, 0.1) is 5.92 Å². The van der Waals surface area contributed by atoms with Gasteiger partial charge in [-0.3, -0.25) is 0 Å². The first-order chi connectivity index (χ1) is 7.29. The smallest absolute Gasteiger partial charge is 0.309 e. The highest BCUT2D eigenvalue weighted by molar-refractivity contribution is 4.70. The molecule has 1 unspecified atom stereocenters. The summed E-state index contributed by atoms with van der Waals surface area (Å²) in [7, 11) is 1.31. The zero-order chi connectivity index (χ0) is 13.8. The highest BCUT2D eigenvalue weighted by Gasteiger charge is 2.36. The Bertz CT molecular complexity index is 118. The molecule has 1 atom stereocenters. The summed E-state index contributed by atoms with van der Waals surface area (Å²) in [5.41, 5.74) is 0. The van der Waals surface area contributed by atoms with Crippen molar-refractivity contribution >= 4 is 0 Å². The Morgan fingerprint density at radius 1 is 1.00 bits per heavy atom. The monoisotopic (exact) mass is 243 g/mol. The van der Waals surface area contributed by atoms with Crippen molar-refractivity contribution in [2.45, 2.75) is 66.6 Å². The van der Waals surface area contributed by atoms with Gasteiger partial charge >= 0.3 is 6.18 Å². The van der Waals surface area contributed by atoms with Gasteiger partial charge < -0.3 is 5.32 Å². The van der Waals surface area contributed by atoms with Gasteiger partial charge in [0.25, 0.3) is 0 Å². The maximum atomic E-state index is 11.7. The Labute approximate surface area is 98.8 Å². The van der Waals surface area contributed by atoms with Crippen molar-refractivity contribution < 1.29 is 13.2 Å². The highest BCUT2D eigenvalue weighted by atomic mass is 19.4. The second-order valence-corrected chi connectivity index (χ2v) is 3.59. The van der Waals surface area contributed by atoms with E-state index in [1.807, 2.05) is 13.8 Å². The van der Waals surface area contributed by atoms with Gasteiger partial charge in [-0.05, 0) is 19.4 Å². The first-order valence-corrected chi connectivity index (χ1v) is 6.03. The number of alkyl halides is 3. The van der Waals surface area contributed by atoms with Gasteiger partial charge in [-0.15, -0.1) is 0 Å². The number of hydrogen-bond donors (Lipinski definition) is 1. The van der Waals surface area contributed by atoms with Crippen LogP contribution in [0.1, 0.15) is 54.4 Å². The third kappa shape index (κ3) is 16.2. The van der Waals surface area contributed by atoms with Gasteiger partial charge in [0.05, 0.1) is 0 Å². The van der Waals surface area contributed by atoms with Crippen molar-refractivity contribution in [3.8, 4) is 0 Å². The summed E-state index contributed by atoms with van der Waals surface area (Å²) in [6.45, 7) is 12.1. The number of nitrogens with one attached hydrogen (secondary N) is 1. The zero-order valence-electron chi connectivity index (χ0n) is 11.7. The molecule has 0 fully saturated rings. The van der Waals surface area contributed by atoms with Gasteiger partial charge in [0, 0.05) is 0 Å². The molecule has 0 rings (SSSR count). The van der Waals surface area contributed by atoms with Gasteiger partial charge in [0.2, 0.25) is 0 Å². The molecule has 0 saturated heterocycles. The Kier molecular flexibility index (Phi) is 16.9. The average Bonchev–Trinajstić information content (AvgIpc) is 2.21. The summed E-state index contributed by atoms with van der Waals surface area (Å²) in [4.78, 5) is 0. The van der Waals surface area contributed by atoms with E-state index >= 15 is 0 Å². The van der Waals surface area contributed by atoms with Crippen LogP contribution in [-0.2, 0) is 0 Å². The topological polar surface area (TPSA) is 12.0 Å².